The Labute approximate surface area is 131 Å². The molecule has 112 valence electrons. The van der Waals surface area contributed by atoms with Crippen LogP contribution < -0.4 is 9.47 Å². The van der Waals surface area contributed by atoms with Crippen molar-refractivity contribution in [2.24, 2.45) is 0 Å². The van der Waals surface area contributed by atoms with Crippen LogP contribution in [0.5, 0.6) is 11.5 Å². The quantitative estimate of drug-likeness (QED) is 0.892. The number of aliphatic hydroxyl groups is 1. The van der Waals surface area contributed by atoms with Crippen molar-refractivity contribution in [3.8, 4) is 11.5 Å². The maximum atomic E-state index is 13.1. The van der Waals surface area contributed by atoms with Crippen molar-refractivity contribution in [1.82, 2.24) is 0 Å². The standard InChI is InChI=1S/C15H13Cl2FO3/c1-20-14-6-11(16)5-10(7-19)15(14)21-8-9-2-3-13(18)12(17)4-9/h2-6,19H,7-8H2,1H3. The number of halogens is 3. The molecular formula is C15H13Cl2FO3. The van der Waals surface area contributed by atoms with Crippen LogP contribution in [0.3, 0.4) is 0 Å². The van der Waals surface area contributed by atoms with Crippen LogP contribution in [0.25, 0.3) is 0 Å². The summed E-state index contributed by atoms with van der Waals surface area (Å²) >= 11 is 11.6. The van der Waals surface area contributed by atoms with Crippen LogP contribution in [0, 0.1) is 5.82 Å². The Morgan fingerprint density at radius 3 is 2.57 bits per heavy atom. The van der Waals surface area contributed by atoms with Crippen LogP contribution in [-0.4, -0.2) is 12.2 Å². The molecule has 0 unspecified atom stereocenters. The lowest BCUT2D eigenvalue weighted by atomic mass is 10.2. The Kier molecular flexibility index (Phi) is 5.28. The zero-order chi connectivity index (χ0) is 15.4. The fourth-order valence-corrected chi connectivity index (χ4v) is 2.27. The minimum atomic E-state index is -0.486. The number of hydrogen-bond donors (Lipinski definition) is 1. The predicted octanol–water partition coefficient (Wildman–Crippen LogP) is 4.21. The topological polar surface area (TPSA) is 38.7 Å². The highest BCUT2D eigenvalue weighted by Crippen LogP contribution is 2.35. The van der Waals surface area contributed by atoms with E-state index in [1.165, 1.54) is 19.2 Å². The fraction of sp³-hybridized carbons (Fsp3) is 0.200. The normalized spacial score (nSPS) is 10.5. The van der Waals surface area contributed by atoms with Crippen molar-refractivity contribution < 1.29 is 19.0 Å². The highest BCUT2D eigenvalue weighted by atomic mass is 35.5. The van der Waals surface area contributed by atoms with E-state index in [0.717, 1.165) is 0 Å². The first-order chi connectivity index (χ1) is 10.0. The van der Waals surface area contributed by atoms with Gasteiger partial charge in [-0.05, 0) is 23.8 Å². The monoisotopic (exact) mass is 330 g/mol. The third kappa shape index (κ3) is 3.79. The van der Waals surface area contributed by atoms with Gasteiger partial charge in [0.05, 0.1) is 18.7 Å². The van der Waals surface area contributed by atoms with Crippen LogP contribution in [0.2, 0.25) is 10.0 Å². The molecule has 0 aliphatic heterocycles. The zero-order valence-electron chi connectivity index (χ0n) is 11.2. The second-order valence-corrected chi connectivity index (χ2v) is 5.14. The molecule has 6 heteroatoms. The van der Waals surface area contributed by atoms with E-state index < -0.39 is 5.82 Å². The molecule has 0 aliphatic carbocycles. The molecule has 0 radical (unpaired) electrons. The molecule has 0 aromatic heterocycles. The SMILES string of the molecule is COc1cc(Cl)cc(CO)c1OCc1ccc(F)c(Cl)c1. The molecule has 2 rings (SSSR count). The summed E-state index contributed by atoms with van der Waals surface area (Å²) in [4.78, 5) is 0. The first kappa shape index (κ1) is 15.9. The van der Waals surface area contributed by atoms with E-state index >= 15 is 0 Å². The van der Waals surface area contributed by atoms with Gasteiger partial charge >= 0.3 is 0 Å². The van der Waals surface area contributed by atoms with Crippen molar-refractivity contribution in [3.05, 3.63) is 57.3 Å². The lowest BCUT2D eigenvalue weighted by Gasteiger charge is -2.15. The number of aliphatic hydroxyl groups excluding tert-OH is 1. The van der Waals surface area contributed by atoms with Gasteiger partial charge in [0.15, 0.2) is 11.5 Å². The molecule has 2 aromatic carbocycles. The lowest BCUT2D eigenvalue weighted by molar-refractivity contribution is 0.250. The van der Waals surface area contributed by atoms with Gasteiger partial charge in [0.1, 0.15) is 12.4 Å². The first-order valence-electron chi connectivity index (χ1n) is 6.09. The number of benzene rings is 2. The highest BCUT2D eigenvalue weighted by Gasteiger charge is 2.13. The van der Waals surface area contributed by atoms with Crippen molar-refractivity contribution in [2.45, 2.75) is 13.2 Å². The number of methoxy groups -OCH3 is 1. The van der Waals surface area contributed by atoms with Gasteiger partial charge in [-0.15, -0.1) is 0 Å². The van der Waals surface area contributed by atoms with Gasteiger partial charge < -0.3 is 14.6 Å². The third-order valence-electron chi connectivity index (χ3n) is 2.85. The van der Waals surface area contributed by atoms with Crippen molar-refractivity contribution >= 4 is 23.2 Å². The van der Waals surface area contributed by atoms with Crippen molar-refractivity contribution in [3.63, 3.8) is 0 Å². The van der Waals surface area contributed by atoms with Crippen LogP contribution >= 0.6 is 23.2 Å². The van der Waals surface area contributed by atoms with E-state index in [1.807, 2.05) is 0 Å². The zero-order valence-corrected chi connectivity index (χ0v) is 12.7. The van der Waals surface area contributed by atoms with Gasteiger partial charge in [0.25, 0.3) is 0 Å². The highest BCUT2D eigenvalue weighted by molar-refractivity contribution is 6.31. The molecule has 0 bridgehead atoms. The summed E-state index contributed by atoms with van der Waals surface area (Å²) in [5, 5.41) is 9.84. The Bertz CT molecular complexity index is 622. The third-order valence-corrected chi connectivity index (χ3v) is 3.36. The van der Waals surface area contributed by atoms with E-state index in [4.69, 9.17) is 32.7 Å². The summed E-state index contributed by atoms with van der Waals surface area (Å²) < 4.78 is 24.0. The Hall–Kier alpha value is -1.49. The summed E-state index contributed by atoms with van der Waals surface area (Å²) in [6, 6.07) is 7.51. The van der Waals surface area contributed by atoms with Crippen LogP contribution in [0.15, 0.2) is 30.3 Å². The van der Waals surface area contributed by atoms with E-state index in [2.05, 4.69) is 0 Å². The molecule has 3 nitrogen and oxygen atoms in total. The Morgan fingerprint density at radius 2 is 1.95 bits per heavy atom. The molecule has 0 spiro atoms. The van der Waals surface area contributed by atoms with Gasteiger partial charge in [0, 0.05) is 16.7 Å². The van der Waals surface area contributed by atoms with Crippen molar-refractivity contribution in [1.29, 1.82) is 0 Å². The molecule has 0 amide bonds. The molecule has 0 heterocycles. The van der Waals surface area contributed by atoms with E-state index in [1.54, 1.807) is 18.2 Å². The average Bonchev–Trinajstić information content (AvgIpc) is 2.48. The second-order valence-electron chi connectivity index (χ2n) is 4.29. The Balaban J connectivity index is 2.24. The number of ether oxygens (including phenoxy) is 2. The summed E-state index contributed by atoms with van der Waals surface area (Å²) in [5.74, 6) is 0.324. The predicted molar refractivity (Wildman–Crippen MR) is 79.7 cm³/mol. The van der Waals surface area contributed by atoms with E-state index in [0.29, 0.717) is 27.6 Å². The largest absolute Gasteiger partial charge is 0.493 e. The maximum absolute atomic E-state index is 13.1. The Morgan fingerprint density at radius 1 is 1.19 bits per heavy atom. The summed E-state index contributed by atoms with van der Waals surface area (Å²) in [6.45, 7) is -0.0819. The minimum absolute atomic E-state index is 0.0292. The van der Waals surface area contributed by atoms with Crippen LogP contribution in [0.1, 0.15) is 11.1 Å². The molecule has 21 heavy (non-hydrogen) atoms. The van der Waals surface area contributed by atoms with Crippen molar-refractivity contribution in [2.75, 3.05) is 7.11 Å². The fourth-order valence-electron chi connectivity index (χ4n) is 1.84. The molecule has 1 N–H and O–H groups in total. The smallest absolute Gasteiger partial charge is 0.167 e. The number of rotatable bonds is 5. The molecule has 2 aromatic rings. The minimum Gasteiger partial charge on any atom is -0.493 e. The lowest BCUT2D eigenvalue weighted by Crippen LogP contribution is -2.01. The summed E-state index contributed by atoms with van der Waals surface area (Å²) in [6.07, 6.45) is 0. The summed E-state index contributed by atoms with van der Waals surface area (Å²) in [5.41, 5.74) is 1.20. The number of hydrogen-bond acceptors (Lipinski definition) is 3. The van der Waals surface area contributed by atoms with Gasteiger partial charge in [-0.1, -0.05) is 29.3 Å². The van der Waals surface area contributed by atoms with Gasteiger partial charge in [-0.2, -0.15) is 0 Å². The molecule has 0 atom stereocenters. The average molecular weight is 331 g/mol. The molecule has 0 aliphatic rings. The second kappa shape index (κ2) is 6.98. The maximum Gasteiger partial charge on any atom is 0.167 e. The van der Waals surface area contributed by atoms with Crippen LogP contribution in [0.4, 0.5) is 4.39 Å². The first-order valence-corrected chi connectivity index (χ1v) is 6.84. The van der Waals surface area contributed by atoms with Gasteiger partial charge in [-0.25, -0.2) is 4.39 Å². The molecule has 0 saturated carbocycles. The van der Waals surface area contributed by atoms with Crippen LogP contribution in [-0.2, 0) is 13.2 Å². The van der Waals surface area contributed by atoms with E-state index in [-0.39, 0.29) is 18.2 Å². The summed E-state index contributed by atoms with van der Waals surface area (Å²) in [7, 11) is 1.48. The van der Waals surface area contributed by atoms with Gasteiger partial charge in [-0.3, -0.25) is 0 Å². The van der Waals surface area contributed by atoms with E-state index in [9.17, 15) is 9.50 Å². The molecular weight excluding hydrogens is 318 g/mol. The van der Waals surface area contributed by atoms with Gasteiger partial charge in [0.2, 0.25) is 0 Å². The molecule has 0 saturated heterocycles. The molecule has 0 fully saturated rings.